The van der Waals surface area contributed by atoms with Gasteiger partial charge in [0, 0.05) is 13.3 Å². The molecule has 2 rings (SSSR count). The molecule has 0 aliphatic carbocycles. The van der Waals surface area contributed by atoms with E-state index in [1.54, 1.807) is 30.3 Å². The van der Waals surface area contributed by atoms with Gasteiger partial charge in [-0.3, -0.25) is 9.59 Å². The van der Waals surface area contributed by atoms with Crippen molar-refractivity contribution in [3.63, 3.8) is 0 Å². The van der Waals surface area contributed by atoms with Crippen molar-refractivity contribution in [3.05, 3.63) is 59.7 Å². The first-order valence-electron chi connectivity index (χ1n) is 8.33. The number of para-hydroxylation sites is 2. The Morgan fingerprint density at radius 3 is 2.33 bits per heavy atom. The van der Waals surface area contributed by atoms with Gasteiger partial charge in [0.25, 0.3) is 5.91 Å². The Morgan fingerprint density at radius 1 is 1.00 bits per heavy atom. The Balaban J connectivity index is 2.25. The number of amides is 2. The van der Waals surface area contributed by atoms with Crippen molar-refractivity contribution in [3.8, 4) is 5.75 Å². The van der Waals surface area contributed by atoms with E-state index in [1.807, 2.05) is 18.2 Å². The van der Waals surface area contributed by atoms with Gasteiger partial charge in [0.15, 0.2) is 0 Å². The van der Waals surface area contributed by atoms with Crippen molar-refractivity contribution in [2.45, 2.75) is 19.4 Å². The highest BCUT2D eigenvalue weighted by atomic mass is 16.5. The number of anilines is 1. The van der Waals surface area contributed by atoms with Crippen molar-refractivity contribution in [1.82, 2.24) is 5.32 Å². The van der Waals surface area contributed by atoms with Crippen LogP contribution in [0, 0.1) is 0 Å². The van der Waals surface area contributed by atoms with Gasteiger partial charge in [-0.25, -0.2) is 4.79 Å². The number of hydrogen-bond acceptors (Lipinski definition) is 5. The molecule has 2 N–H and O–H groups in total. The summed E-state index contributed by atoms with van der Waals surface area (Å²) < 4.78 is 10.1. The number of ether oxygens (including phenoxy) is 2. The summed E-state index contributed by atoms with van der Waals surface area (Å²) in [5.74, 6) is -0.760. The van der Waals surface area contributed by atoms with Crippen LogP contribution in [0.2, 0.25) is 0 Å². The SMILES string of the molecule is COC(=O)[C@@H](Cc1ccccc1OC)NC(=O)c1ccccc1NC(C)=O. The zero-order chi connectivity index (χ0) is 19.8. The first-order valence-corrected chi connectivity index (χ1v) is 8.33. The van der Waals surface area contributed by atoms with E-state index >= 15 is 0 Å². The molecule has 142 valence electrons. The van der Waals surface area contributed by atoms with E-state index in [0.29, 0.717) is 11.4 Å². The Hall–Kier alpha value is -3.35. The summed E-state index contributed by atoms with van der Waals surface area (Å²) in [5, 5.41) is 5.28. The summed E-state index contributed by atoms with van der Waals surface area (Å²) in [7, 11) is 2.79. The summed E-state index contributed by atoms with van der Waals surface area (Å²) in [6.45, 7) is 1.35. The molecule has 7 nitrogen and oxygen atoms in total. The van der Waals surface area contributed by atoms with Crippen LogP contribution in [0.5, 0.6) is 5.75 Å². The smallest absolute Gasteiger partial charge is 0.328 e. The molecule has 0 fully saturated rings. The average molecular weight is 370 g/mol. The molecule has 7 heteroatoms. The zero-order valence-electron chi connectivity index (χ0n) is 15.4. The molecule has 27 heavy (non-hydrogen) atoms. The summed E-state index contributed by atoms with van der Waals surface area (Å²) in [6, 6.07) is 12.9. The van der Waals surface area contributed by atoms with Crippen LogP contribution in [0.4, 0.5) is 5.69 Å². The van der Waals surface area contributed by atoms with Gasteiger partial charge in [-0.15, -0.1) is 0 Å². The number of hydrogen-bond donors (Lipinski definition) is 2. The Labute approximate surface area is 157 Å². The van der Waals surface area contributed by atoms with E-state index < -0.39 is 17.9 Å². The van der Waals surface area contributed by atoms with Crippen LogP contribution in [0.1, 0.15) is 22.8 Å². The summed E-state index contributed by atoms with van der Waals surface area (Å²) in [4.78, 5) is 36.3. The third kappa shape index (κ3) is 5.31. The molecule has 0 unspecified atom stereocenters. The normalized spacial score (nSPS) is 11.2. The van der Waals surface area contributed by atoms with Gasteiger partial charge >= 0.3 is 5.97 Å². The third-order valence-corrected chi connectivity index (χ3v) is 3.89. The lowest BCUT2D eigenvalue weighted by molar-refractivity contribution is -0.142. The van der Waals surface area contributed by atoms with Crippen LogP contribution in [0.15, 0.2) is 48.5 Å². The predicted octanol–water partition coefficient (Wildman–Crippen LogP) is 2.17. The molecule has 2 aromatic rings. The van der Waals surface area contributed by atoms with Crippen LogP contribution in [-0.2, 0) is 20.7 Å². The van der Waals surface area contributed by atoms with Gasteiger partial charge < -0.3 is 20.1 Å². The van der Waals surface area contributed by atoms with Gasteiger partial charge in [-0.05, 0) is 23.8 Å². The van der Waals surface area contributed by atoms with Crippen molar-refractivity contribution in [2.24, 2.45) is 0 Å². The summed E-state index contributed by atoms with van der Waals surface area (Å²) in [5.41, 5.74) is 1.37. The minimum Gasteiger partial charge on any atom is -0.496 e. The fourth-order valence-electron chi connectivity index (χ4n) is 2.64. The highest BCUT2D eigenvalue weighted by Crippen LogP contribution is 2.20. The van der Waals surface area contributed by atoms with Crippen LogP contribution in [0.25, 0.3) is 0 Å². The molecule has 0 bridgehead atoms. The number of rotatable bonds is 7. The lowest BCUT2D eigenvalue weighted by atomic mass is 10.0. The zero-order valence-corrected chi connectivity index (χ0v) is 15.4. The average Bonchev–Trinajstić information content (AvgIpc) is 2.67. The Morgan fingerprint density at radius 2 is 1.67 bits per heavy atom. The molecular weight excluding hydrogens is 348 g/mol. The molecule has 0 aromatic heterocycles. The van der Waals surface area contributed by atoms with E-state index in [4.69, 9.17) is 9.47 Å². The van der Waals surface area contributed by atoms with Crippen molar-refractivity contribution < 1.29 is 23.9 Å². The quantitative estimate of drug-likeness (QED) is 0.729. The van der Waals surface area contributed by atoms with Gasteiger partial charge in [-0.1, -0.05) is 30.3 Å². The molecule has 0 spiro atoms. The number of methoxy groups -OCH3 is 2. The van der Waals surface area contributed by atoms with Crippen molar-refractivity contribution >= 4 is 23.5 Å². The summed E-state index contributed by atoms with van der Waals surface area (Å²) in [6.07, 6.45) is 0.199. The van der Waals surface area contributed by atoms with E-state index in [1.165, 1.54) is 21.1 Å². The molecular formula is C20H22N2O5. The maximum Gasteiger partial charge on any atom is 0.328 e. The topological polar surface area (TPSA) is 93.7 Å². The van der Waals surface area contributed by atoms with E-state index in [0.717, 1.165) is 5.56 Å². The fraction of sp³-hybridized carbons (Fsp3) is 0.250. The minimum atomic E-state index is -0.913. The van der Waals surface area contributed by atoms with Crippen LogP contribution in [0.3, 0.4) is 0 Å². The molecule has 1 atom stereocenters. The highest BCUT2D eigenvalue weighted by molar-refractivity contribution is 6.04. The second kappa shape index (κ2) is 9.38. The molecule has 2 aromatic carbocycles. The van der Waals surface area contributed by atoms with E-state index in [-0.39, 0.29) is 17.9 Å². The molecule has 0 saturated carbocycles. The monoisotopic (exact) mass is 370 g/mol. The maximum absolute atomic E-state index is 12.7. The Kier molecular flexibility index (Phi) is 6.93. The molecule has 0 saturated heterocycles. The van der Waals surface area contributed by atoms with Gasteiger partial charge in [0.05, 0.1) is 25.5 Å². The number of esters is 1. The third-order valence-electron chi connectivity index (χ3n) is 3.89. The maximum atomic E-state index is 12.7. The first kappa shape index (κ1) is 20.0. The largest absolute Gasteiger partial charge is 0.496 e. The number of benzene rings is 2. The molecule has 2 amide bonds. The van der Waals surface area contributed by atoms with Crippen molar-refractivity contribution in [2.75, 3.05) is 19.5 Å². The first-order chi connectivity index (χ1) is 13.0. The number of nitrogens with one attached hydrogen (secondary N) is 2. The lowest BCUT2D eigenvalue weighted by Gasteiger charge is -2.19. The lowest BCUT2D eigenvalue weighted by Crippen LogP contribution is -2.43. The molecule has 0 radical (unpaired) electrons. The van der Waals surface area contributed by atoms with Crippen LogP contribution in [-0.4, -0.2) is 38.0 Å². The van der Waals surface area contributed by atoms with E-state index in [2.05, 4.69) is 10.6 Å². The fourth-order valence-corrected chi connectivity index (χ4v) is 2.64. The number of carbonyl (C=O) groups is 3. The second-order valence-electron chi connectivity index (χ2n) is 5.79. The van der Waals surface area contributed by atoms with E-state index in [9.17, 15) is 14.4 Å². The second-order valence-corrected chi connectivity index (χ2v) is 5.79. The van der Waals surface area contributed by atoms with Crippen LogP contribution >= 0.6 is 0 Å². The molecule has 0 aliphatic heterocycles. The number of carbonyl (C=O) groups excluding carboxylic acids is 3. The van der Waals surface area contributed by atoms with Crippen molar-refractivity contribution in [1.29, 1.82) is 0 Å². The van der Waals surface area contributed by atoms with Crippen LogP contribution < -0.4 is 15.4 Å². The highest BCUT2D eigenvalue weighted by Gasteiger charge is 2.25. The summed E-state index contributed by atoms with van der Waals surface area (Å²) >= 11 is 0. The van der Waals surface area contributed by atoms with Gasteiger partial charge in [0.1, 0.15) is 11.8 Å². The standard InChI is InChI=1S/C20H22N2O5/c1-13(23)21-16-10-6-5-9-15(16)19(24)22-17(20(25)27-3)12-14-8-4-7-11-18(14)26-2/h4-11,17H,12H2,1-3H3,(H,21,23)(H,22,24)/t17-/m1/s1. The molecule has 0 aliphatic rings. The Bertz CT molecular complexity index is 835. The van der Waals surface area contributed by atoms with Gasteiger partial charge in [-0.2, -0.15) is 0 Å². The predicted molar refractivity (Wildman–Crippen MR) is 101 cm³/mol. The minimum absolute atomic E-state index is 0.199. The molecule has 0 heterocycles. The van der Waals surface area contributed by atoms with Gasteiger partial charge in [0.2, 0.25) is 5.91 Å².